The van der Waals surface area contributed by atoms with Gasteiger partial charge in [-0.1, -0.05) is 17.7 Å². The molecule has 2 aromatic carbocycles. The third kappa shape index (κ3) is 4.76. The van der Waals surface area contributed by atoms with Gasteiger partial charge >= 0.3 is 6.03 Å². The normalized spacial score (nSPS) is 10.5. The fourth-order valence-electron chi connectivity index (χ4n) is 2.39. The number of aliphatic hydroxyl groups is 1. The smallest absolute Gasteiger partial charge is 0.337 e. The number of anilines is 2. The monoisotopic (exact) mass is 399 g/mol. The van der Waals surface area contributed by atoms with E-state index < -0.39 is 15.9 Å². The summed E-state index contributed by atoms with van der Waals surface area (Å²) in [6.07, 6.45) is 0.957. The van der Waals surface area contributed by atoms with Gasteiger partial charge in [-0.25, -0.2) is 13.2 Å². The predicted molar refractivity (Wildman–Crippen MR) is 105 cm³/mol. The Labute approximate surface area is 162 Å². The summed E-state index contributed by atoms with van der Waals surface area (Å²) in [7, 11) is -3.73. The van der Waals surface area contributed by atoms with E-state index in [4.69, 9.17) is 13.1 Å². The van der Waals surface area contributed by atoms with Gasteiger partial charge in [0.15, 0.2) is 21.2 Å². The molecule has 2 aromatic rings. The molecule has 0 bridgehead atoms. The van der Waals surface area contributed by atoms with Gasteiger partial charge < -0.3 is 10.4 Å². The molecule has 0 fully saturated rings. The first-order valence-electron chi connectivity index (χ1n) is 7.86. The summed E-state index contributed by atoms with van der Waals surface area (Å²) in [6, 6.07) is 6.66. The third-order valence-corrected chi connectivity index (χ3v) is 4.84. The van der Waals surface area contributed by atoms with Crippen LogP contribution < -0.4 is 16.2 Å². The van der Waals surface area contributed by atoms with Crippen LogP contribution in [0.25, 0.3) is 9.69 Å². The van der Waals surface area contributed by atoms with Crippen molar-refractivity contribution in [2.24, 2.45) is 0 Å². The second kappa shape index (κ2) is 8.39. The number of hydrogen-bond donors (Lipinski definition) is 4. The zero-order valence-electron chi connectivity index (χ0n) is 15.1. The number of hydrogen-bond acceptors (Lipinski definition) is 5. The molecule has 28 heavy (non-hydrogen) atoms. The molecule has 0 saturated heterocycles. The molecular formula is C18H17N5O4S. The number of rotatable bonds is 5. The highest BCUT2D eigenvalue weighted by Crippen LogP contribution is 2.36. The Bertz CT molecular complexity index is 1110. The Kier molecular flexibility index (Phi) is 6.21. The summed E-state index contributed by atoms with van der Waals surface area (Å²) in [4.78, 5) is 18.3. The molecule has 144 valence electrons. The summed E-state index contributed by atoms with van der Waals surface area (Å²) in [5.74, 6) is 0. The molecule has 0 aliphatic carbocycles. The van der Waals surface area contributed by atoms with E-state index in [2.05, 4.69) is 25.9 Å². The number of aryl methyl sites for hydroxylation is 1. The number of carbonyl (C=O) groups excluding carboxylic acids is 1. The fraction of sp³-hybridized carbons (Fsp3) is 0.167. The lowest BCUT2D eigenvalue weighted by Crippen LogP contribution is -2.34. The Morgan fingerprint density at radius 1 is 1.11 bits per heavy atom. The number of aliphatic hydroxyl groups excluding tert-OH is 1. The second-order valence-corrected chi connectivity index (χ2v) is 7.84. The van der Waals surface area contributed by atoms with Gasteiger partial charge in [0.1, 0.15) is 0 Å². The largest absolute Gasteiger partial charge is 0.392 e. The van der Waals surface area contributed by atoms with Crippen LogP contribution in [0.4, 0.5) is 27.5 Å². The van der Waals surface area contributed by atoms with E-state index in [1.54, 1.807) is 18.2 Å². The van der Waals surface area contributed by atoms with Crippen LogP contribution in [0.1, 0.15) is 11.1 Å². The van der Waals surface area contributed by atoms with E-state index in [0.29, 0.717) is 11.3 Å². The zero-order chi connectivity index (χ0) is 20.9. The highest BCUT2D eigenvalue weighted by Gasteiger charge is 2.18. The van der Waals surface area contributed by atoms with Crippen LogP contribution in [0.5, 0.6) is 0 Å². The van der Waals surface area contributed by atoms with Gasteiger partial charge in [0.25, 0.3) is 0 Å². The summed E-state index contributed by atoms with van der Waals surface area (Å²) < 4.78 is 24.0. The number of sulfone groups is 1. The number of urea groups is 1. The van der Waals surface area contributed by atoms with Crippen LogP contribution in [0.3, 0.4) is 0 Å². The zero-order valence-corrected chi connectivity index (χ0v) is 15.9. The molecule has 0 aromatic heterocycles. The first-order chi connectivity index (χ1) is 13.2. The molecule has 2 rings (SSSR count). The minimum atomic E-state index is -3.73. The predicted octanol–water partition coefficient (Wildman–Crippen LogP) is 3.14. The molecule has 0 radical (unpaired) electrons. The van der Waals surface area contributed by atoms with Crippen molar-refractivity contribution in [2.45, 2.75) is 18.4 Å². The minimum absolute atomic E-state index is 0.0395. The highest BCUT2D eigenvalue weighted by molar-refractivity contribution is 7.90. The van der Waals surface area contributed by atoms with Crippen LogP contribution in [0, 0.1) is 20.1 Å². The molecule has 0 aliphatic heterocycles. The van der Waals surface area contributed by atoms with Gasteiger partial charge in [-0.15, -0.1) is 0 Å². The minimum Gasteiger partial charge on any atom is -0.392 e. The number of nitrogens with zero attached hydrogens (tertiary/aromatic N) is 2. The Balaban J connectivity index is 2.26. The van der Waals surface area contributed by atoms with Crippen molar-refractivity contribution in [3.63, 3.8) is 0 Å². The lowest BCUT2D eigenvalue weighted by atomic mass is 10.1. The molecule has 10 heteroatoms. The summed E-state index contributed by atoms with van der Waals surface area (Å²) in [5, 5.41) is 11.9. The van der Waals surface area contributed by atoms with E-state index in [0.717, 1.165) is 17.9 Å². The van der Waals surface area contributed by atoms with Crippen LogP contribution in [-0.4, -0.2) is 25.8 Å². The van der Waals surface area contributed by atoms with Crippen LogP contribution >= 0.6 is 0 Å². The van der Waals surface area contributed by atoms with Crippen LogP contribution in [-0.2, 0) is 16.4 Å². The van der Waals surface area contributed by atoms with E-state index in [9.17, 15) is 18.3 Å². The molecule has 0 spiro atoms. The maximum Gasteiger partial charge on any atom is 0.337 e. The SMILES string of the molecule is [C-]#[N+]c1cc(NNC(=O)Nc2ccc(C)cc2CO)c(S(C)(=O)=O)cc1[N+]#[C-]. The lowest BCUT2D eigenvalue weighted by Gasteiger charge is -2.15. The molecule has 0 atom stereocenters. The molecule has 2 amide bonds. The molecule has 0 heterocycles. The second-order valence-electron chi connectivity index (χ2n) is 5.86. The van der Waals surface area contributed by atoms with E-state index >= 15 is 0 Å². The quantitative estimate of drug-likeness (QED) is 0.455. The number of nitrogens with one attached hydrogen (secondary N) is 3. The summed E-state index contributed by atoms with van der Waals surface area (Å²) >= 11 is 0. The van der Waals surface area contributed by atoms with E-state index in [1.807, 2.05) is 6.92 Å². The van der Waals surface area contributed by atoms with Crippen molar-refractivity contribution in [1.29, 1.82) is 0 Å². The van der Waals surface area contributed by atoms with Crippen molar-refractivity contribution in [3.05, 3.63) is 64.3 Å². The van der Waals surface area contributed by atoms with Gasteiger partial charge in [0.05, 0.1) is 30.3 Å². The average molecular weight is 399 g/mol. The Hall–Kier alpha value is -3.60. The lowest BCUT2D eigenvalue weighted by molar-refractivity contribution is 0.253. The van der Waals surface area contributed by atoms with Gasteiger partial charge in [-0.05, 0) is 25.1 Å². The van der Waals surface area contributed by atoms with Crippen molar-refractivity contribution in [3.8, 4) is 0 Å². The summed E-state index contributed by atoms with van der Waals surface area (Å²) in [6.45, 7) is 15.8. The van der Waals surface area contributed by atoms with Crippen molar-refractivity contribution < 1.29 is 18.3 Å². The standard InChI is InChI=1S/C18H17N5O4S/c1-11-5-6-13(12(7-11)10-24)21-18(25)23-22-16-8-14(19-2)15(20-3)9-17(16)28(4,26)27/h5-9,22,24H,10H2,1,4H3,(H2,21,23,25). The van der Waals surface area contributed by atoms with Gasteiger partial charge in [-0.3, -0.25) is 20.5 Å². The fourth-order valence-corrected chi connectivity index (χ4v) is 3.23. The van der Waals surface area contributed by atoms with Gasteiger partial charge in [0.2, 0.25) is 0 Å². The Morgan fingerprint density at radius 2 is 1.75 bits per heavy atom. The highest BCUT2D eigenvalue weighted by atomic mass is 32.2. The molecule has 4 N–H and O–H groups in total. The topological polar surface area (TPSA) is 116 Å². The number of amides is 2. The molecular weight excluding hydrogens is 382 g/mol. The van der Waals surface area contributed by atoms with Crippen molar-refractivity contribution in [2.75, 3.05) is 17.0 Å². The molecule has 0 unspecified atom stereocenters. The first kappa shape index (κ1) is 20.7. The van der Waals surface area contributed by atoms with Crippen molar-refractivity contribution >= 4 is 38.6 Å². The number of benzene rings is 2. The molecule has 0 saturated carbocycles. The third-order valence-electron chi connectivity index (χ3n) is 3.71. The van der Waals surface area contributed by atoms with Gasteiger partial charge in [-0.2, -0.15) is 0 Å². The maximum atomic E-state index is 12.2. The average Bonchev–Trinajstić information content (AvgIpc) is 2.66. The Morgan fingerprint density at radius 3 is 2.32 bits per heavy atom. The van der Waals surface area contributed by atoms with Crippen molar-refractivity contribution in [1.82, 2.24) is 5.43 Å². The van der Waals surface area contributed by atoms with E-state index in [-0.39, 0.29) is 28.6 Å². The number of hydrazine groups is 1. The maximum absolute atomic E-state index is 12.2. The van der Waals surface area contributed by atoms with E-state index in [1.165, 1.54) is 6.07 Å². The van der Waals surface area contributed by atoms with Crippen LogP contribution in [0.2, 0.25) is 0 Å². The van der Waals surface area contributed by atoms with Gasteiger partial charge in [0, 0.05) is 17.5 Å². The summed E-state index contributed by atoms with van der Waals surface area (Å²) in [5.41, 5.74) is 6.39. The number of carbonyl (C=O) groups is 1. The first-order valence-corrected chi connectivity index (χ1v) is 9.75. The van der Waals surface area contributed by atoms with Crippen LogP contribution in [0.15, 0.2) is 35.2 Å². The molecule has 9 nitrogen and oxygen atoms in total. The molecule has 0 aliphatic rings.